The molecule has 0 heterocycles. The highest BCUT2D eigenvalue weighted by Gasteiger charge is 2.37. The summed E-state index contributed by atoms with van der Waals surface area (Å²) in [6.45, 7) is 0. The molecule has 0 N–H and O–H groups in total. The van der Waals surface area contributed by atoms with Crippen LogP contribution in [0.5, 0.6) is 0 Å². The predicted octanol–water partition coefficient (Wildman–Crippen LogP) is 4.88. The molecule has 1 nitrogen and oxygen atoms in total. The van der Waals surface area contributed by atoms with Crippen LogP contribution in [0.25, 0.3) is 0 Å². The third-order valence-corrected chi connectivity index (χ3v) is 3.77. The Morgan fingerprint density at radius 1 is 1.42 bits per heavy atom. The van der Waals surface area contributed by atoms with Crippen molar-refractivity contribution in [3.8, 4) is 0 Å². The highest BCUT2D eigenvalue weighted by atomic mass is 35.5. The molecular formula is C14H14ClF3O. The van der Waals surface area contributed by atoms with Crippen molar-refractivity contribution in [1.82, 2.24) is 0 Å². The van der Waals surface area contributed by atoms with Crippen LogP contribution >= 0.6 is 11.6 Å². The van der Waals surface area contributed by atoms with Gasteiger partial charge in [0.15, 0.2) is 5.78 Å². The van der Waals surface area contributed by atoms with Gasteiger partial charge in [-0.3, -0.25) is 4.79 Å². The summed E-state index contributed by atoms with van der Waals surface area (Å²) in [6, 6.07) is 3.98. The number of alkyl halides is 2. The van der Waals surface area contributed by atoms with E-state index in [-0.39, 0.29) is 29.8 Å². The smallest absolute Gasteiger partial charge is 0.248 e. The minimum Gasteiger partial charge on any atom is -0.294 e. The van der Waals surface area contributed by atoms with Crippen LogP contribution in [0.2, 0.25) is 5.02 Å². The molecule has 0 radical (unpaired) electrons. The zero-order valence-corrected chi connectivity index (χ0v) is 11.0. The molecule has 19 heavy (non-hydrogen) atoms. The van der Waals surface area contributed by atoms with Gasteiger partial charge in [0.05, 0.1) is 10.6 Å². The molecule has 2 rings (SSSR count). The van der Waals surface area contributed by atoms with Crippen molar-refractivity contribution in [2.24, 2.45) is 5.92 Å². The van der Waals surface area contributed by atoms with Gasteiger partial charge in [0.1, 0.15) is 5.82 Å². The second-order valence-electron chi connectivity index (χ2n) is 5.04. The molecule has 104 valence electrons. The van der Waals surface area contributed by atoms with Crippen molar-refractivity contribution in [3.63, 3.8) is 0 Å². The summed E-state index contributed by atoms with van der Waals surface area (Å²) < 4.78 is 40.1. The van der Waals surface area contributed by atoms with Gasteiger partial charge in [0.2, 0.25) is 5.92 Å². The first-order valence-corrected chi connectivity index (χ1v) is 6.62. The van der Waals surface area contributed by atoms with E-state index < -0.39 is 23.4 Å². The van der Waals surface area contributed by atoms with Crippen LogP contribution in [0.3, 0.4) is 0 Å². The SMILES string of the molecule is O=C(CC1CCCC(F)(F)C1)c1c(F)cccc1Cl. The molecule has 0 spiro atoms. The first kappa shape index (κ1) is 14.4. The Hall–Kier alpha value is -1.03. The van der Waals surface area contributed by atoms with E-state index in [4.69, 9.17) is 11.6 Å². The molecule has 1 aromatic rings. The molecular weight excluding hydrogens is 277 g/mol. The van der Waals surface area contributed by atoms with Crippen LogP contribution in [-0.2, 0) is 0 Å². The standard InChI is InChI=1S/C14H14ClF3O/c15-10-4-1-5-11(16)13(10)12(19)7-9-3-2-6-14(17,18)8-9/h1,4-5,9H,2-3,6-8H2. The van der Waals surface area contributed by atoms with Crippen LogP contribution in [0, 0.1) is 11.7 Å². The Balaban J connectivity index is 2.09. The first-order valence-electron chi connectivity index (χ1n) is 6.24. The Bertz CT molecular complexity index is 467. The van der Waals surface area contributed by atoms with E-state index in [1.165, 1.54) is 12.1 Å². The third-order valence-electron chi connectivity index (χ3n) is 3.46. The topological polar surface area (TPSA) is 17.1 Å². The van der Waals surface area contributed by atoms with E-state index in [1.54, 1.807) is 0 Å². The van der Waals surface area contributed by atoms with Crippen LogP contribution < -0.4 is 0 Å². The zero-order valence-electron chi connectivity index (χ0n) is 10.3. The van der Waals surface area contributed by atoms with Crippen LogP contribution in [0.4, 0.5) is 13.2 Å². The summed E-state index contributed by atoms with van der Waals surface area (Å²) in [7, 11) is 0. The number of carbonyl (C=O) groups excluding carboxylic acids is 1. The lowest BCUT2D eigenvalue weighted by Gasteiger charge is -2.28. The van der Waals surface area contributed by atoms with Gasteiger partial charge in [-0.25, -0.2) is 13.2 Å². The van der Waals surface area contributed by atoms with Gasteiger partial charge in [0, 0.05) is 19.3 Å². The largest absolute Gasteiger partial charge is 0.294 e. The van der Waals surface area contributed by atoms with Crippen LogP contribution in [0.1, 0.15) is 42.5 Å². The van der Waals surface area contributed by atoms with Crippen molar-refractivity contribution in [2.45, 2.75) is 38.0 Å². The van der Waals surface area contributed by atoms with E-state index in [9.17, 15) is 18.0 Å². The van der Waals surface area contributed by atoms with Gasteiger partial charge in [0.25, 0.3) is 0 Å². The number of hydrogen-bond acceptors (Lipinski definition) is 1. The monoisotopic (exact) mass is 290 g/mol. The normalized spacial score (nSPS) is 22.2. The number of halogens is 4. The number of rotatable bonds is 3. The highest BCUT2D eigenvalue weighted by Crippen LogP contribution is 2.38. The number of ketones is 1. The quantitative estimate of drug-likeness (QED) is 0.725. The van der Waals surface area contributed by atoms with Crippen molar-refractivity contribution in [2.75, 3.05) is 0 Å². The number of benzene rings is 1. The number of hydrogen-bond donors (Lipinski definition) is 0. The fourth-order valence-corrected chi connectivity index (χ4v) is 2.85. The van der Waals surface area contributed by atoms with Gasteiger partial charge in [-0.05, 0) is 30.9 Å². The zero-order chi connectivity index (χ0) is 14.0. The fourth-order valence-electron chi connectivity index (χ4n) is 2.58. The minimum absolute atomic E-state index is 0.0348. The van der Waals surface area contributed by atoms with Gasteiger partial charge >= 0.3 is 0 Å². The van der Waals surface area contributed by atoms with Gasteiger partial charge in [-0.2, -0.15) is 0 Å². The van der Waals surface area contributed by atoms with Crippen molar-refractivity contribution < 1.29 is 18.0 Å². The Morgan fingerprint density at radius 2 is 2.16 bits per heavy atom. The highest BCUT2D eigenvalue weighted by molar-refractivity contribution is 6.34. The molecule has 1 atom stereocenters. The van der Waals surface area contributed by atoms with Gasteiger partial charge in [-0.1, -0.05) is 17.7 Å². The average molecular weight is 291 g/mol. The van der Waals surface area contributed by atoms with Crippen molar-refractivity contribution >= 4 is 17.4 Å². The Kier molecular flexibility index (Phi) is 4.19. The second-order valence-corrected chi connectivity index (χ2v) is 5.45. The molecule has 1 fully saturated rings. The molecule has 0 bridgehead atoms. The van der Waals surface area contributed by atoms with Crippen LogP contribution in [0.15, 0.2) is 18.2 Å². The van der Waals surface area contributed by atoms with Crippen molar-refractivity contribution in [1.29, 1.82) is 0 Å². The lowest BCUT2D eigenvalue weighted by atomic mass is 9.82. The van der Waals surface area contributed by atoms with Gasteiger partial charge < -0.3 is 0 Å². The summed E-state index contributed by atoms with van der Waals surface area (Å²) >= 11 is 5.79. The maximum absolute atomic E-state index is 13.6. The molecule has 1 aliphatic carbocycles. The molecule has 1 aliphatic rings. The van der Waals surface area contributed by atoms with E-state index in [2.05, 4.69) is 0 Å². The molecule has 1 unspecified atom stereocenters. The van der Waals surface area contributed by atoms with Gasteiger partial charge in [-0.15, -0.1) is 0 Å². The van der Waals surface area contributed by atoms with E-state index >= 15 is 0 Å². The van der Waals surface area contributed by atoms with E-state index in [0.717, 1.165) is 6.07 Å². The Labute approximate surface area is 114 Å². The van der Waals surface area contributed by atoms with Crippen molar-refractivity contribution in [3.05, 3.63) is 34.6 Å². The lowest BCUT2D eigenvalue weighted by Crippen LogP contribution is -2.27. The number of Topliss-reactive ketones (excluding diaryl/α,β-unsaturated/α-hetero) is 1. The minimum atomic E-state index is -2.71. The maximum atomic E-state index is 13.6. The molecule has 0 amide bonds. The predicted molar refractivity (Wildman–Crippen MR) is 67.3 cm³/mol. The van der Waals surface area contributed by atoms with Crippen LogP contribution in [-0.4, -0.2) is 11.7 Å². The molecule has 0 aromatic heterocycles. The molecule has 5 heteroatoms. The average Bonchev–Trinajstić information content (AvgIpc) is 2.27. The summed E-state index contributed by atoms with van der Waals surface area (Å²) in [5.41, 5.74) is -0.182. The maximum Gasteiger partial charge on any atom is 0.248 e. The molecule has 0 aliphatic heterocycles. The summed E-state index contributed by atoms with van der Waals surface area (Å²) in [5.74, 6) is -4.29. The lowest BCUT2D eigenvalue weighted by molar-refractivity contribution is -0.0521. The third kappa shape index (κ3) is 3.50. The molecule has 1 saturated carbocycles. The summed E-state index contributed by atoms with van der Waals surface area (Å²) in [6.07, 6.45) is 0.475. The van der Waals surface area contributed by atoms with E-state index in [1.807, 2.05) is 0 Å². The summed E-state index contributed by atoms with van der Waals surface area (Å²) in [4.78, 5) is 12.0. The number of carbonyl (C=O) groups is 1. The second kappa shape index (κ2) is 5.53. The molecule has 0 saturated heterocycles. The fraction of sp³-hybridized carbons (Fsp3) is 0.500. The first-order chi connectivity index (χ1) is 8.89. The summed E-state index contributed by atoms with van der Waals surface area (Å²) in [5, 5.41) is 0.0348. The Morgan fingerprint density at radius 3 is 2.79 bits per heavy atom. The molecule has 1 aromatic carbocycles. The van der Waals surface area contributed by atoms with E-state index in [0.29, 0.717) is 12.8 Å².